The van der Waals surface area contributed by atoms with E-state index in [4.69, 9.17) is 11.6 Å². The van der Waals surface area contributed by atoms with E-state index in [-0.39, 0.29) is 11.9 Å². The van der Waals surface area contributed by atoms with Crippen LogP contribution in [0.3, 0.4) is 0 Å². The third-order valence-electron chi connectivity index (χ3n) is 2.30. The Morgan fingerprint density at radius 1 is 1.29 bits per heavy atom. The first-order chi connectivity index (χ1) is 8.04. The van der Waals surface area contributed by atoms with Gasteiger partial charge >= 0.3 is 6.03 Å². The van der Waals surface area contributed by atoms with Crippen molar-refractivity contribution in [2.45, 2.75) is 20.4 Å². The second-order valence-corrected chi connectivity index (χ2v) is 3.98. The van der Waals surface area contributed by atoms with Crippen molar-refractivity contribution < 1.29 is 9.59 Å². The summed E-state index contributed by atoms with van der Waals surface area (Å²) in [5.74, 6) is -0.263. The number of urea groups is 1. The number of nitrogens with zero attached hydrogens (tertiary/aromatic N) is 1. The summed E-state index contributed by atoms with van der Waals surface area (Å²) in [6.07, 6.45) is 0. The number of carbonyl (C=O) groups excluding carboxylic acids is 2. The number of amides is 3. The Balaban J connectivity index is 2.53. The van der Waals surface area contributed by atoms with Crippen molar-refractivity contribution in [3.63, 3.8) is 0 Å². The van der Waals surface area contributed by atoms with Gasteiger partial charge in [-0.1, -0.05) is 23.7 Å². The van der Waals surface area contributed by atoms with Gasteiger partial charge in [-0.15, -0.1) is 0 Å². The van der Waals surface area contributed by atoms with Crippen molar-refractivity contribution in [2.75, 3.05) is 6.54 Å². The fraction of sp³-hybridized carbons (Fsp3) is 0.333. The zero-order valence-corrected chi connectivity index (χ0v) is 10.6. The van der Waals surface area contributed by atoms with Crippen LogP contribution >= 0.6 is 11.6 Å². The van der Waals surface area contributed by atoms with E-state index in [1.807, 2.05) is 12.1 Å². The molecule has 0 fully saturated rings. The molecule has 0 spiro atoms. The lowest BCUT2D eigenvalue weighted by atomic mass is 10.2. The first kappa shape index (κ1) is 13.5. The quantitative estimate of drug-likeness (QED) is 0.901. The van der Waals surface area contributed by atoms with Crippen LogP contribution in [0.5, 0.6) is 0 Å². The Hall–Kier alpha value is -1.55. The molecule has 17 heavy (non-hydrogen) atoms. The lowest BCUT2D eigenvalue weighted by molar-refractivity contribution is -0.125. The molecule has 1 rings (SSSR count). The molecule has 0 aromatic heterocycles. The van der Waals surface area contributed by atoms with Gasteiger partial charge in [-0.2, -0.15) is 0 Å². The van der Waals surface area contributed by atoms with Gasteiger partial charge in [0.05, 0.1) is 0 Å². The van der Waals surface area contributed by atoms with Crippen molar-refractivity contribution in [1.29, 1.82) is 0 Å². The van der Waals surface area contributed by atoms with Gasteiger partial charge in [0, 0.05) is 25.0 Å². The fourth-order valence-electron chi connectivity index (χ4n) is 1.38. The summed E-state index contributed by atoms with van der Waals surface area (Å²) in [5, 5.41) is 3.33. The summed E-state index contributed by atoms with van der Waals surface area (Å²) in [4.78, 5) is 23.9. The highest BCUT2D eigenvalue weighted by Gasteiger charge is 2.14. The minimum atomic E-state index is -0.380. The van der Waals surface area contributed by atoms with Crippen molar-refractivity contribution in [3.8, 4) is 0 Å². The zero-order chi connectivity index (χ0) is 12.8. The number of benzene rings is 1. The number of hydrogen-bond donors (Lipinski definition) is 1. The number of rotatable bonds is 3. The highest BCUT2D eigenvalue weighted by molar-refractivity contribution is 6.30. The molecule has 0 aliphatic heterocycles. The van der Waals surface area contributed by atoms with Gasteiger partial charge < -0.3 is 5.32 Å². The van der Waals surface area contributed by atoms with Crippen LogP contribution in [-0.4, -0.2) is 23.4 Å². The Labute approximate surface area is 106 Å². The summed E-state index contributed by atoms with van der Waals surface area (Å²) < 4.78 is 0. The molecule has 0 unspecified atom stereocenters. The lowest BCUT2D eigenvalue weighted by Gasteiger charge is -2.17. The van der Waals surface area contributed by atoms with Crippen molar-refractivity contribution in [1.82, 2.24) is 10.2 Å². The van der Waals surface area contributed by atoms with Gasteiger partial charge in [0.25, 0.3) is 0 Å². The molecule has 0 aliphatic carbocycles. The largest absolute Gasteiger partial charge is 0.334 e. The van der Waals surface area contributed by atoms with E-state index >= 15 is 0 Å². The van der Waals surface area contributed by atoms with E-state index in [0.29, 0.717) is 18.1 Å². The molecule has 0 saturated carbocycles. The van der Waals surface area contributed by atoms with Crippen LogP contribution < -0.4 is 5.32 Å². The Kier molecular flexibility index (Phi) is 4.97. The van der Waals surface area contributed by atoms with Crippen LogP contribution in [0.4, 0.5) is 4.79 Å². The molecule has 92 valence electrons. The Bertz CT molecular complexity index is 403. The van der Waals surface area contributed by atoms with Gasteiger partial charge in [0.15, 0.2) is 0 Å². The molecule has 0 heterocycles. The van der Waals surface area contributed by atoms with Crippen LogP contribution in [-0.2, 0) is 11.3 Å². The molecule has 0 aliphatic rings. The highest BCUT2D eigenvalue weighted by atomic mass is 35.5. The average molecular weight is 255 g/mol. The molecular formula is C12H15ClN2O2. The van der Waals surface area contributed by atoms with Crippen LogP contribution in [0.25, 0.3) is 0 Å². The van der Waals surface area contributed by atoms with Crippen molar-refractivity contribution in [2.24, 2.45) is 0 Å². The minimum Gasteiger partial charge on any atom is -0.334 e. The van der Waals surface area contributed by atoms with E-state index in [9.17, 15) is 9.59 Å². The second kappa shape index (κ2) is 6.25. The Morgan fingerprint density at radius 2 is 1.88 bits per heavy atom. The smallest absolute Gasteiger partial charge is 0.324 e. The topological polar surface area (TPSA) is 49.4 Å². The van der Waals surface area contributed by atoms with E-state index in [1.54, 1.807) is 19.1 Å². The molecule has 4 nitrogen and oxygen atoms in total. The highest BCUT2D eigenvalue weighted by Crippen LogP contribution is 2.09. The maximum Gasteiger partial charge on any atom is 0.324 e. The molecule has 0 bridgehead atoms. The normalized spacial score (nSPS) is 9.82. The summed E-state index contributed by atoms with van der Waals surface area (Å²) in [6, 6.07) is 6.78. The number of nitrogens with one attached hydrogen (secondary N) is 1. The lowest BCUT2D eigenvalue weighted by Crippen LogP contribution is -2.42. The monoisotopic (exact) mass is 254 g/mol. The van der Waals surface area contributed by atoms with Crippen LogP contribution in [0, 0.1) is 0 Å². The third-order valence-corrected chi connectivity index (χ3v) is 2.55. The number of carbonyl (C=O) groups is 2. The standard InChI is InChI=1S/C12H15ClN2O2/c1-3-15(9(2)16)12(17)14-8-10-4-6-11(13)7-5-10/h4-7H,3,8H2,1-2H3,(H,14,17). The van der Waals surface area contributed by atoms with Gasteiger partial charge in [-0.05, 0) is 24.6 Å². The maximum absolute atomic E-state index is 11.6. The molecule has 3 amide bonds. The maximum atomic E-state index is 11.6. The predicted octanol–water partition coefficient (Wildman–Crippen LogP) is 2.42. The summed E-state index contributed by atoms with van der Waals surface area (Å²) in [5.41, 5.74) is 0.933. The van der Waals surface area contributed by atoms with Gasteiger partial charge in [0.1, 0.15) is 0 Å². The number of halogens is 1. The molecule has 5 heteroatoms. The van der Waals surface area contributed by atoms with Crippen molar-refractivity contribution >= 4 is 23.5 Å². The first-order valence-electron chi connectivity index (χ1n) is 5.35. The molecule has 0 atom stereocenters. The van der Waals surface area contributed by atoms with Crippen LogP contribution in [0.15, 0.2) is 24.3 Å². The van der Waals surface area contributed by atoms with Gasteiger partial charge in [0.2, 0.25) is 5.91 Å². The second-order valence-electron chi connectivity index (χ2n) is 3.55. The van der Waals surface area contributed by atoms with E-state index in [0.717, 1.165) is 10.5 Å². The summed E-state index contributed by atoms with van der Waals surface area (Å²) in [6.45, 7) is 3.86. The molecule has 1 aromatic rings. The molecule has 0 radical (unpaired) electrons. The summed E-state index contributed by atoms with van der Waals surface area (Å²) >= 11 is 5.75. The van der Waals surface area contributed by atoms with Crippen LogP contribution in [0.1, 0.15) is 19.4 Å². The zero-order valence-electron chi connectivity index (χ0n) is 9.87. The van der Waals surface area contributed by atoms with E-state index in [2.05, 4.69) is 5.32 Å². The summed E-state index contributed by atoms with van der Waals surface area (Å²) in [7, 11) is 0. The third kappa shape index (κ3) is 4.07. The molecule has 0 saturated heterocycles. The van der Waals surface area contributed by atoms with Crippen molar-refractivity contribution in [3.05, 3.63) is 34.9 Å². The van der Waals surface area contributed by atoms with Gasteiger partial charge in [-0.25, -0.2) is 4.79 Å². The van der Waals surface area contributed by atoms with E-state index < -0.39 is 0 Å². The number of imide groups is 1. The Morgan fingerprint density at radius 3 is 2.35 bits per heavy atom. The first-order valence-corrected chi connectivity index (χ1v) is 5.72. The van der Waals surface area contributed by atoms with E-state index in [1.165, 1.54) is 6.92 Å². The number of hydrogen-bond acceptors (Lipinski definition) is 2. The van der Waals surface area contributed by atoms with Gasteiger partial charge in [-0.3, -0.25) is 9.69 Å². The van der Waals surface area contributed by atoms with Crippen LogP contribution in [0.2, 0.25) is 5.02 Å². The average Bonchev–Trinajstić information content (AvgIpc) is 2.28. The molecule has 1 aromatic carbocycles. The SMILES string of the molecule is CCN(C(C)=O)C(=O)NCc1ccc(Cl)cc1. The molecular weight excluding hydrogens is 240 g/mol. The molecule has 1 N–H and O–H groups in total. The minimum absolute atomic E-state index is 0.263. The predicted molar refractivity (Wildman–Crippen MR) is 66.7 cm³/mol. The fourth-order valence-corrected chi connectivity index (χ4v) is 1.51.